The van der Waals surface area contributed by atoms with E-state index in [0.29, 0.717) is 43.9 Å². The highest BCUT2D eigenvalue weighted by atomic mass is 32.2. The van der Waals surface area contributed by atoms with Gasteiger partial charge in [-0.1, -0.05) is 0 Å². The highest BCUT2D eigenvalue weighted by molar-refractivity contribution is 7.92. The molecule has 1 fully saturated rings. The van der Waals surface area contributed by atoms with E-state index in [2.05, 4.69) is 4.90 Å². The van der Waals surface area contributed by atoms with Gasteiger partial charge in [0.25, 0.3) is 5.91 Å². The average molecular weight is 423 g/mol. The monoisotopic (exact) mass is 422 g/mol. The molecule has 0 radical (unpaired) electrons. The van der Waals surface area contributed by atoms with E-state index < -0.39 is 10.0 Å². The first-order valence-electron chi connectivity index (χ1n) is 9.92. The van der Waals surface area contributed by atoms with Crippen LogP contribution in [-0.4, -0.2) is 94.0 Å². The van der Waals surface area contributed by atoms with Gasteiger partial charge in [0.05, 0.1) is 18.5 Å². The van der Waals surface area contributed by atoms with Gasteiger partial charge in [-0.15, -0.1) is 0 Å². The van der Waals surface area contributed by atoms with Gasteiger partial charge in [0.2, 0.25) is 15.9 Å². The standard InChI is InChI=1S/C20H30N4O4S/c1-15-12-17-13-16(6-7-18(17)24(15)29(4,27)28)20(26)23-9-5-8-22(10-11-23)14-19(25)21(2)3/h6-7,13,15H,5,8-12,14H2,1-4H3. The number of amides is 2. The molecule has 0 spiro atoms. The SMILES string of the molecule is CC1Cc2cc(C(=O)N3CCCN(CC(=O)N(C)C)CC3)ccc2N1S(C)(=O)=O. The summed E-state index contributed by atoms with van der Waals surface area (Å²) in [4.78, 5) is 30.5. The Morgan fingerprint density at radius 1 is 1.14 bits per heavy atom. The maximum atomic E-state index is 13.0. The fourth-order valence-electron chi connectivity index (χ4n) is 4.09. The smallest absolute Gasteiger partial charge is 0.253 e. The maximum absolute atomic E-state index is 13.0. The molecule has 2 aliphatic heterocycles. The predicted octanol–water partition coefficient (Wildman–Crippen LogP) is 0.633. The van der Waals surface area contributed by atoms with Gasteiger partial charge in [-0.2, -0.15) is 0 Å². The van der Waals surface area contributed by atoms with Crippen LogP contribution >= 0.6 is 0 Å². The third-order valence-corrected chi connectivity index (χ3v) is 6.84. The summed E-state index contributed by atoms with van der Waals surface area (Å²) < 4.78 is 25.6. The van der Waals surface area contributed by atoms with Crippen LogP contribution in [0.25, 0.3) is 0 Å². The summed E-state index contributed by atoms with van der Waals surface area (Å²) in [6, 6.07) is 5.14. The van der Waals surface area contributed by atoms with Crippen molar-refractivity contribution < 1.29 is 18.0 Å². The number of likely N-dealkylation sites (N-methyl/N-ethyl adjacent to an activating group) is 1. The first kappa shape index (κ1) is 21.6. The molecule has 0 N–H and O–H groups in total. The Hall–Kier alpha value is -2.13. The summed E-state index contributed by atoms with van der Waals surface area (Å²) in [5.41, 5.74) is 2.15. The molecule has 1 saturated heterocycles. The molecule has 2 aliphatic rings. The van der Waals surface area contributed by atoms with E-state index in [-0.39, 0.29) is 17.9 Å². The van der Waals surface area contributed by atoms with Crippen molar-refractivity contribution in [3.63, 3.8) is 0 Å². The third kappa shape index (κ3) is 4.72. The highest BCUT2D eigenvalue weighted by Gasteiger charge is 2.33. The molecule has 0 bridgehead atoms. The Bertz CT molecular complexity index is 900. The van der Waals surface area contributed by atoms with Crippen LogP contribution in [0.2, 0.25) is 0 Å². The minimum absolute atomic E-state index is 0.0426. The average Bonchev–Trinajstić information content (AvgIpc) is 2.81. The third-order valence-electron chi connectivity index (χ3n) is 5.57. The summed E-state index contributed by atoms with van der Waals surface area (Å²) in [5, 5.41) is 0. The second kappa shape index (κ2) is 8.31. The molecule has 0 aromatic heterocycles. The zero-order valence-corrected chi connectivity index (χ0v) is 18.4. The number of hydrogen-bond donors (Lipinski definition) is 0. The van der Waals surface area contributed by atoms with Crippen LogP contribution < -0.4 is 4.31 Å². The number of benzene rings is 1. The predicted molar refractivity (Wildman–Crippen MR) is 113 cm³/mol. The van der Waals surface area contributed by atoms with E-state index in [0.717, 1.165) is 18.5 Å². The van der Waals surface area contributed by atoms with Gasteiger partial charge in [-0.25, -0.2) is 8.42 Å². The molecule has 2 heterocycles. The lowest BCUT2D eigenvalue weighted by molar-refractivity contribution is -0.129. The van der Waals surface area contributed by atoms with Gasteiger partial charge in [0.15, 0.2) is 0 Å². The summed E-state index contributed by atoms with van der Waals surface area (Å²) >= 11 is 0. The quantitative estimate of drug-likeness (QED) is 0.711. The minimum Gasteiger partial charge on any atom is -0.348 e. The number of fused-ring (bicyclic) bond motifs is 1. The normalized spacial score (nSPS) is 20.3. The van der Waals surface area contributed by atoms with Crippen LogP contribution in [0.5, 0.6) is 0 Å². The Kier molecular flexibility index (Phi) is 6.19. The summed E-state index contributed by atoms with van der Waals surface area (Å²) in [5.74, 6) is 0.0204. The number of anilines is 1. The molecule has 3 rings (SSSR count). The number of hydrogen-bond acceptors (Lipinski definition) is 5. The first-order valence-corrected chi connectivity index (χ1v) is 11.8. The molecule has 160 valence electrons. The second-order valence-electron chi connectivity index (χ2n) is 8.17. The van der Waals surface area contributed by atoms with E-state index in [1.807, 2.05) is 17.9 Å². The highest BCUT2D eigenvalue weighted by Crippen LogP contribution is 2.35. The molecular formula is C20H30N4O4S. The van der Waals surface area contributed by atoms with Crippen LogP contribution in [0.4, 0.5) is 5.69 Å². The van der Waals surface area contributed by atoms with Crippen LogP contribution in [-0.2, 0) is 21.2 Å². The Balaban J connectivity index is 1.70. The van der Waals surface area contributed by atoms with Crippen molar-refractivity contribution in [2.75, 3.05) is 57.4 Å². The molecule has 1 atom stereocenters. The molecule has 29 heavy (non-hydrogen) atoms. The number of rotatable bonds is 4. The minimum atomic E-state index is -3.34. The van der Waals surface area contributed by atoms with Gasteiger partial charge in [0, 0.05) is 51.9 Å². The topological polar surface area (TPSA) is 81.2 Å². The number of sulfonamides is 1. The summed E-state index contributed by atoms with van der Waals surface area (Å²) in [6.45, 7) is 4.91. The van der Waals surface area contributed by atoms with Crippen molar-refractivity contribution in [3.8, 4) is 0 Å². The zero-order valence-electron chi connectivity index (χ0n) is 17.6. The molecule has 2 amide bonds. The first-order chi connectivity index (χ1) is 13.6. The van der Waals surface area contributed by atoms with Crippen molar-refractivity contribution in [3.05, 3.63) is 29.3 Å². The Morgan fingerprint density at radius 3 is 2.52 bits per heavy atom. The van der Waals surface area contributed by atoms with Crippen molar-refractivity contribution in [1.82, 2.24) is 14.7 Å². The molecule has 9 heteroatoms. The lowest BCUT2D eigenvalue weighted by Gasteiger charge is -2.23. The molecule has 1 aromatic rings. The lowest BCUT2D eigenvalue weighted by Crippen LogP contribution is -2.39. The summed E-state index contributed by atoms with van der Waals surface area (Å²) in [7, 11) is 0.147. The van der Waals surface area contributed by atoms with Gasteiger partial charge >= 0.3 is 0 Å². The van der Waals surface area contributed by atoms with E-state index in [1.54, 1.807) is 31.1 Å². The largest absolute Gasteiger partial charge is 0.348 e. The maximum Gasteiger partial charge on any atom is 0.253 e. The molecule has 0 aliphatic carbocycles. The van der Waals surface area contributed by atoms with Crippen LogP contribution in [0, 0.1) is 0 Å². The lowest BCUT2D eigenvalue weighted by atomic mass is 10.1. The van der Waals surface area contributed by atoms with Gasteiger partial charge < -0.3 is 9.80 Å². The van der Waals surface area contributed by atoms with E-state index >= 15 is 0 Å². The molecule has 1 unspecified atom stereocenters. The zero-order chi connectivity index (χ0) is 21.3. The van der Waals surface area contributed by atoms with Crippen LogP contribution in [0.15, 0.2) is 18.2 Å². The molecule has 8 nitrogen and oxygen atoms in total. The van der Waals surface area contributed by atoms with Crippen molar-refractivity contribution in [1.29, 1.82) is 0 Å². The molecular weight excluding hydrogens is 392 g/mol. The number of nitrogens with zero attached hydrogens (tertiary/aromatic N) is 4. The van der Waals surface area contributed by atoms with E-state index in [4.69, 9.17) is 0 Å². The van der Waals surface area contributed by atoms with Crippen molar-refractivity contribution >= 4 is 27.5 Å². The van der Waals surface area contributed by atoms with E-state index in [9.17, 15) is 18.0 Å². The van der Waals surface area contributed by atoms with Crippen LogP contribution in [0.1, 0.15) is 29.3 Å². The second-order valence-corrected chi connectivity index (χ2v) is 10.0. The van der Waals surface area contributed by atoms with Gasteiger partial charge in [-0.3, -0.25) is 18.8 Å². The fourth-order valence-corrected chi connectivity index (χ4v) is 5.35. The summed E-state index contributed by atoms with van der Waals surface area (Å²) in [6.07, 6.45) is 2.63. The van der Waals surface area contributed by atoms with E-state index in [1.165, 1.54) is 10.6 Å². The van der Waals surface area contributed by atoms with Crippen molar-refractivity contribution in [2.24, 2.45) is 0 Å². The number of carbonyl (C=O) groups is 2. The van der Waals surface area contributed by atoms with Crippen molar-refractivity contribution in [2.45, 2.75) is 25.8 Å². The molecule has 0 saturated carbocycles. The Labute approximate surface area is 173 Å². The number of carbonyl (C=O) groups excluding carboxylic acids is 2. The Morgan fingerprint density at radius 2 is 1.86 bits per heavy atom. The fraction of sp³-hybridized carbons (Fsp3) is 0.600. The van der Waals surface area contributed by atoms with Crippen LogP contribution in [0.3, 0.4) is 0 Å². The molecule has 1 aromatic carbocycles. The van der Waals surface area contributed by atoms with Gasteiger partial charge in [-0.05, 0) is 43.5 Å². The van der Waals surface area contributed by atoms with Gasteiger partial charge in [0.1, 0.15) is 0 Å².